The van der Waals surface area contributed by atoms with Gasteiger partial charge in [0.2, 0.25) is 0 Å². The number of carbonyl (C=O) groups excluding carboxylic acids is 1. The van der Waals surface area contributed by atoms with Gasteiger partial charge in [-0.2, -0.15) is 0 Å². The Balaban J connectivity index is 2.03. The highest BCUT2D eigenvalue weighted by molar-refractivity contribution is 8.13. The maximum absolute atomic E-state index is 12.1. The molecule has 1 saturated heterocycles. The van der Waals surface area contributed by atoms with Crippen LogP contribution in [0.25, 0.3) is 0 Å². The Morgan fingerprint density at radius 3 is 2.75 bits per heavy atom. The molecule has 1 aliphatic heterocycles. The smallest absolute Gasteiger partial charge is 0.253 e. The minimum Gasteiger partial charge on any atom is -0.508 e. The molecule has 6 nitrogen and oxygen atoms in total. The minimum absolute atomic E-state index is 0.101. The number of amides is 1. The Labute approximate surface area is 121 Å². The van der Waals surface area contributed by atoms with Crippen LogP contribution >= 0.6 is 11.8 Å². The van der Waals surface area contributed by atoms with Gasteiger partial charge in [0.15, 0.2) is 9.84 Å². The molecule has 20 heavy (non-hydrogen) atoms. The molecule has 0 aliphatic carbocycles. The Hall–Kier alpha value is -1.25. The number of hydrogen-bond donors (Lipinski definition) is 3. The summed E-state index contributed by atoms with van der Waals surface area (Å²) >= 11 is 1.17. The molecule has 8 heteroatoms. The van der Waals surface area contributed by atoms with E-state index in [1.54, 1.807) is 6.92 Å². The van der Waals surface area contributed by atoms with Gasteiger partial charge >= 0.3 is 0 Å². The van der Waals surface area contributed by atoms with Crippen molar-refractivity contribution in [3.8, 4) is 5.75 Å². The van der Waals surface area contributed by atoms with Gasteiger partial charge in [0.05, 0.1) is 0 Å². The van der Waals surface area contributed by atoms with Crippen LogP contribution in [0.15, 0.2) is 18.2 Å². The highest BCUT2D eigenvalue weighted by Gasteiger charge is 2.32. The van der Waals surface area contributed by atoms with Crippen LogP contribution in [0.1, 0.15) is 15.9 Å². The topological polar surface area (TPSA) is 95.5 Å². The van der Waals surface area contributed by atoms with Gasteiger partial charge in [0.1, 0.15) is 15.8 Å². The summed E-state index contributed by atoms with van der Waals surface area (Å²) < 4.78 is 22.3. The lowest BCUT2D eigenvalue weighted by Gasteiger charge is -2.13. The summed E-state index contributed by atoms with van der Waals surface area (Å²) in [4.78, 5) is 12.1. The molecular weight excluding hydrogens is 300 g/mol. The molecule has 0 radical (unpaired) electrons. The molecule has 2 unspecified atom stereocenters. The third-order valence-electron chi connectivity index (χ3n) is 2.95. The molecule has 0 aromatic heterocycles. The first-order valence-electron chi connectivity index (χ1n) is 5.95. The Bertz CT molecular complexity index is 630. The summed E-state index contributed by atoms with van der Waals surface area (Å²) in [5.74, 6) is -0.203. The van der Waals surface area contributed by atoms with Crippen LogP contribution < -0.4 is 10.6 Å². The van der Waals surface area contributed by atoms with E-state index in [-0.39, 0.29) is 11.7 Å². The van der Waals surface area contributed by atoms with Crippen LogP contribution in [-0.2, 0) is 9.84 Å². The monoisotopic (exact) mass is 316 g/mol. The van der Waals surface area contributed by atoms with Crippen molar-refractivity contribution in [1.29, 1.82) is 0 Å². The largest absolute Gasteiger partial charge is 0.508 e. The zero-order chi connectivity index (χ0) is 14.9. The average Bonchev–Trinajstić information content (AvgIpc) is 2.76. The third-order valence-corrected chi connectivity index (χ3v) is 6.48. The first kappa shape index (κ1) is 15.1. The van der Waals surface area contributed by atoms with E-state index in [9.17, 15) is 18.3 Å². The van der Waals surface area contributed by atoms with Crippen LogP contribution in [0, 0.1) is 6.92 Å². The number of thioether (sulfide) groups is 1. The highest BCUT2D eigenvalue weighted by Crippen LogP contribution is 2.25. The number of phenols is 1. The van der Waals surface area contributed by atoms with E-state index in [1.807, 2.05) is 0 Å². The number of nitrogens with one attached hydrogen (secondary N) is 2. The third kappa shape index (κ3) is 3.44. The molecule has 0 bridgehead atoms. The zero-order valence-electron chi connectivity index (χ0n) is 11.1. The van der Waals surface area contributed by atoms with E-state index in [0.29, 0.717) is 17.7 Å². The number of aromatic hydroxyl groups is 1. The van der Waals surface area contributed by atoms with Crippen molar-refractivity contribution in [3.05, 3.63) is 29.3 Å². The van der Waals surface area contributed by atoms with E-state index < -0.39 is 19.9 Å². The van der Waals surface area contributed by atoms with Crippen LogP contribution in [0.3, 0.4) is 0 Å². The lowest BCUT2D eigenvalue weighted by molar-refractivity contribution is 0.0946. The fourth-order valence-corrected chi connectivity index (χ4v) is 4.29. The van der Waals surface area contributed by atoms with Gasteiger partial charge in [-0.05, 0) is 30.7 Å². The highest BCUT2D eigenvalue weighted by atomic mass is 32.3. The summed E-state index contributed by atoms with van der Waals surface area (Å²) in [5.41, 5.74) is 0.675. The molecule has 110 valence electrons. The quantitative estimate of drug-likeness (QED) is 0.748. The van der Waals surface area contributed by atoms with Gasteiger partial charge in [-0.15, -0.1) is 11.8 Å². The Kier molecular flexibility index (Phi) is 4.26. The molecule has 1 heterocycles. The fourth-order valence-electron chi connectivity index (χ4n) is 1.89. The second kappa shape index (κ2) is 5.63. The number of benzene rings is 1. The summed E-state index contributed by atoms with van der Waals surface area (Å²) in [6.45, 7) is 2.03. The number of hydrogen-bond acceptors (Lipinski definition) is 6. The van der Waals surface area contributed by atoms with E-state index in [0.717, 1.165) is 0 Å². The summed E-state index contributed by atoms with van der Waals surface area (Å²) in [6, 6.07) is 4.48. The number of sulfone groups is 1. The van der Waals surface area contributed by atoms with Gasteiger partial charge in [0.25, 0.3) is 5.91 Å². The maximum atomic E-state index is 12.1. The first-order valence-corrected chi connectivity index (χ1v) is 8.85. The molecule has 1 aromatic carbocycles. The molecule has 1 amide bonds. The van der Waals surface area contributed by atoms with Crippen LogP contribution in [0.5, 0.6) is 5.75 Å². The number of phenolic OH excluding ortho intramolecular Hbond substituents is 1. The number of rotatable bonds is 3. The predicted molar refractivity (Wildman–Crippen MR) is 78.3 cm³/mol. The molecule has 2 atom stereocenters. The van der Waals surface area contributed by atoms with Crippen molar-refractivity contribution >= 4 is 27.5 Å². The van der Waals surface area contributed by atoms with Crippen LogP contribution in [0.2, 0.25) is 0 Å². The second-order valence-electron chi connectivity index (χ2n) is 4.66. The van der Waals surface area contributed by atoms with Crippen molar-refractivity contribution in [3.63, 3.8) is 0 Å². The molecule has 1 aliphatic rings. The fraction of sp³-hybridized carbons (Fsp3) is 0.417. The van der Waals surface area contributed by atoms with Crippen molar-refractivity contribution in [2.24, 2.45) is 0 Å². The number of aryl methyl sites for hydroxylation is 1. The molecule has 0 saturated carbocycles. The Morgan fingerprint density at radius 2 is 2.20 bits per heavy atom. The van der Waals surface area contributed by atoms with Crippen LogP contribution in [-0.4, -0.2) is 42.3 Å². The molecule has 1 aromatic rings. The normalized spacial score (nSPS) is 22.7. The molecule has 3 N–H and O–H groups in total. The van der Waals surface area contributed by atoms with Crippen molar-refractivity contribution in [2.75, 3.05) is 12.8 Å². The minimum atomic E-state index is -3.13. The van der Waals surface area contributed by atoms with E-state index in [1.165, 1.54) is 36.2 Å². The molecular formula is C12H16N2O4S2. The van der Waals surface area contributed by atoms with Gasteiger partial charge < -0.3 is 10.4 Å². The van der Waals surface area contributed by atoms with Gasteiger partial charge in [0, 0.05) is 18.4 Å². The van der Waals surface area contributed by atoms with Crippen LogP contribution in [0.4, 0.5) is 0 Å². The van der Waals surface area contributed by atoms with Gasteiger partial charge in [-0.1, -0.05) is 0 Å². The second-order valence-corrected chi connectivity index (χ2v) is 8.50. The zero-order valence-corrected chi connectivity index (χ0v) is 12.7. The number of carbonyl (C=O) groups is 1. The average molecular weight is 316 g/mol. The molecule has 1 fully saturated rings. The first-order chi connectivity index (χ1) is 9.27. The summed E-state index contributed by atoms with van der Waals surface area (Å²) in [7, 11) is -3.13. The Morgan fingerprint density at radius 1 is 1.50 bits per heavy atom. The lowest BCUT2D eigenvalue weighted by atomic mass is 10.1. The SMILES string of the molecule is Cc1cc(O)ccc1C(=O)NC1NCC(S(C)(=O)=O)S1. The van der Waals surface area contributed by atoms with E-state index in [4.69, 9.17) is 0 Å². The van der Waals surface area contributed by atoms with Gasteiger partial charge in [-0.3, -0.25) is 10.1 Å². The van der Waals surface area contributed by atoms with Gasteiger partial charge in [-0.25, -0.2) is 8.42 Å². The molecule has 0 spiro atoms. The molecule has 2 rings (SSSR count). The predicted octanol–water partition coefficient (Wildman–Crippen LogP) is 0.421. The maximum Gasteiger partial charge on any atom is 0.253 e. The van der Waals surface area contributed by atoms with Crippen molar-refractivity contribution in [2.45, 2.75) is 17.0 Å². The summed E-state index contributed by atoms with van der Waals surface area (Å²) in [6.07, 6.45) is 1.18. The van der Waals surface area contributed by atoms with E-state index in [2.05, 4.69) is 10.6 Å². The standard InChI is InChI=1S/C12H16N2O4S2/c1-7-5-8(15)3-4-9(7)11(16)14-12-13-6-10(19-12)20(2,17)18/h3-5,10,12-13,15H,6H2,1-2H3,(H,14,16). The van der Waals surface area contributed by atoms with E-state index >= 15 is 0 Å². The lowest BCUT2D eigenvalue weighted by Crippen LogP contribution is -2.39. The van der Waals surface area contributed by atoms with Crippen molar-refractivity contribution in [1.82, 2.24) is 10.6 Å². The van der Waals surface area contributed by atoms with Crippen molar-refractivity contribution < 1.29 is 18.3 Å². The summed E-state index contributed by atoms with van der Waals surface area (Å²) in [5, 5.41) is 15.0.